The molecular weight excluding hydrogens is 204 g/mol. The average Bonchev–Trinajstić information content (AvgIpc) is 2.29. The van der Waals surface area contributed by atoms with Gasteiger partial charge in [0.05, 0.1) is 6.61 Å². The van der Waals surface area contributed by atoms with E-state index in [1.165, 1.54) is 0 Å². The number of hydrogen-bond acceptors (Lipinski definition) is 3. The first kappa shape index (κ1) is 12.3. The van der Waals surface area contributed by atoms with Crippen LogP contribution < -0.4 is 0 Å². The lowest BCUT2D eigenvalue weighted by Crippen LogP contribution is -2.06. The fraction of sp³-hybridized carbons (Fsp3) is 0.308. The van der Waals surface area contributed by atoms with Crippen LogP contribution in [0.5, 0.6) is 5.75 Å². The first-order valence-corrected chi connectivity index (χ1v) is 5.28. The van der Waals surface area contributed by atoms with Gasteiger partial charge < -0.3 is 9.84 Å². The molecular formula is C13H16O3. The van der Waals surface area contributed by atoms with Crippen LogP contribution in [0.2, 0.25) is 0 Å². The van der Waals surface area contributed by atoms with Gasteiger partial charge in [-0.2, -0.15) is 0 Å². The van der Waals surface area contributed by atoms with Crippen LogP contribution in [0.4, 0.5) is 0 Å². The van der Waals surface area contributed by atoms with E-state index in [1.807, 2.05) is 6.92 Å². The fourth-order valence-corrected chi connectivity index (χ4v) is 1.19. The zero-order valence-corrected chi connectivity index (χ0v) is 9.56. The summed E-state index contributed by atoms with van der Waals surface area (Å²) in [6.07, 6.45) is 2.55. The maximum absolute atomic E-state index is 11.4. The molecule has 0 saturated heterocycles. The lowest BCUT2D eigenvalue weighted by atomic mass is 10.1. The Hall–Kier alpha value is -1.77. The summed E-state index contributed by atoms with van der Waals surface area (Å²) in [5, 5.41) is 9.10. The van der Waals surface area contributed by atoms with Gasteiger partial charge in [0.2, 0.25) is 0 Å². The molecule has 0 saturated carbocycles. The Bertz CT molecular complexity index is 377. The summed E-state index contributed by atoms with van der Waals surface area (Å²) < 4.78 is 4.99. The van der Waals surface area contributed by atoms with Crippen molar-refractivity contribution in [2.45, 2.75) is 20.3 Å². The van der Waals surface area contributed by atoms with Gasteiger partial charge >= 0.3 is 5.97 Å². The number of phenolic OH excluding ortho intramolecular Hbond substituents is 1. The number of carbonyl (C=O) groups excluding carboxylic acids is 1. The predicted octanol–water partition coefficient (Wildman–Crippen LogP) is 2.75. The minimum Gasteiger partial charge on any atom is -0.508 e. The maximum Gasteiger partial charge on any atom is 0.333 e. The summed E-state index contributed by atoms with van der Waals surface area (Å²) in [7, 11) is 0. The van der Waals surface area contributed by atoms with E-state index in [-0.39, 0.29) is 11.7 Å². The molecule has 0 heterocycles. The summed E-state index contributed by atoms with van der Waals surface area (Å²) >= 11 is 0. The van der Waals surface area contributed by atoms with Gasteiger partial charge in [-0.05, 0) is 37.1 Å². The normalized spacial score (nSPS) is 11.2. The highest BCUT2D eigenvalue weighted by Gasteiger charge is 2.04. The van der Waals surface area contributed by atoms with Crippen LogP contribution in [0.3, 0.4) is 0 Å². The van der Waals surface area contributed by atoms with Crippen molar-refractivity contribution in [3.05, 3.63) is 35.4 Å². The van der Waals surface area contributed by atoms with Crippen LogP contribution in [0.25, 0.3) is 6.08 Å². The van der Waals surface area contributed by atoms with Gasteiger partial charge in [-0.3, -0.25) is 0 Å². The van der Waals surface area contributed by atoms with Gasteiger partial charge in [-0.1, -0.05) is 19.1 Å². The smallest absolute Gasteiger partial charge is 0.333 e. The number of carbonyl (C=O) groups is 1. The number of esters is 1. The van der Waals surface area contributed by atoms with Crippen LogP contribution in [0.15, 0.2) is 29.8 Å². The van der Waals surface area contributed by atoms with Crippen molar-refractivity contribution in [2.75, 3.05) is 6.61 Å². The Labute approximate surface area is 95.4 Å². The molecule has 0 radical (unpaired) electrons. The number of benzene rings is 1. The van der Waals surface area contributed by atoms with Crippen molar-refractivity contribution in [3.8, 4) is 5.75 Å². The Morgan fingerprint density at radius 3 is 2.56 bits per heavy atom. The minimum absolute atomic E-state index is 0.211. The Morgan fingerprint density at radius 1 is 1.38 bits per heavy atom. The van der Waals surface area contributed by atoms with Gasteiger partial charge in [-0.15, -0.1) is 0 Å². The summed E-state index contributed by atoms with van der Waals surface area (Å²) in [6.45, 7) is 4.11. The molecule has 0 aliphatic carbocycles. The first-order chi connectivity index (χ1) is 7.63. The van der Waals surface area contributed by atoms with Crippen molar-refractivity contribution < 1.29 is 14.6 Å². The summed E-state index contributed by atoms with van der Waals surface area (Å²) in [4.78, 5) is 11.4. The Kier molecular flexibility index (Phi) is 4.58. The molecule has 0 aromatic heterocycles. The highest BCUT2D eigenvalue weighted by molar-refractivity contribution is 5.92. The molecule has 0 atom stereocenters. The fourth-order valence-electron chi connectivity index (χ4n) is 1.19. The average molecular weight is 220 g/mol. The molecule has 0 amide bonds. The predicted molar refractivity (Wildman–Crippen MR) is 63.0 cm³/mol. The van der Waals surface area contributed by atoms with Crippen LogP contribution in [0.1, 0.15) is 25.8 Å². The molecule has 0 bridgehead atoms. The molecule has 1 aromatic carbocycles. The van der Waals surface area contributed by atoms with E-state index < -0.39 is 0 Å². The molecule has 16 heavy (non-hydrogen) atoms. The molecule has 3 nitrogen and oxygen atoms in total. The Balaban J connectivity index is 2.68. The number of hydrogen-bond donors (Lipinski definition) is 1. The third-order valence-corrected chi connectivity index (χ3v) is 2.04. The van der Waals surface area contributed by atoms with E-state index in [1.54, 1.807) is 37.3 Å². The molecule has 0 unspecified atom stereocenters. The lowest BCUT2D eigenvalue weighted by molar-refractivity contribution is -0.138. The third-order valence-electron chi connectivity index (χ3n) is 2.04. The molecule has 0 spiro atoms. The van der Waals surface area contributed by atoms with Gasteiger partial charge in [0.25, 0.3) is 0 Å². The molecule has 1 aromatic rings. The van der Waals surface area contributed by atoms with Crippen molar-refractivity contribution in [1.82, 2.24) is 0 Å². The van der Waals surface area contributed by atoms with E-state index in [0.29, 0.717) is 12.2 Å². The zero-order valence-electron chi connectivity index (χ0n) is 9.56. The first-order valence-electron chi connectivity index (χ1n) is 5.28. The van der Waals surface area contributed by atoms with Crippen LogP contribution in [0, 0.1) is 0 Å². The quantitative estimate of drug-likeness (QED) is 0.627. The van der Waals surface area contributed by atoms with E-state index >= 15 is 0 Å². The molecule has 3 heteroatoms. The second-order valence-corrected chi connectivity index (χ2v) is 3.55. The molecule has 86 valence electrons. The molecule has 1 rings (SSSR count). The SMILES string of the molecule is CCCOC(=O)C(C)=Cc1ccc(O)cc1. The van der Waals surface area contributed by atoms with Crippen molar-refractivity contribution >= 4 is 12.0 Å². The summed E-state index contributed by atoms with van der Waals surface area (Å²) in [5.74, 6) is -0.0849. The molecule has 0 aliphatic rings. The molecule has 0 aliphatic heterocycles. The summed E-state index contributed by atoms with van der Waals surface area (Å²) in [5.41, 5.74) is 1.42. The largest absolute Gasteiger partial charge is 0.508 e. The van der Waals surface area contributed by atoms with E-state index in [4.69, 9.17) is 9.84 Å². The molecule has 0 fully saturated rings. The summed E-state index contributed by atoms with van der Waals surface area (Å²) in [6, 6.07) is 6.64. The van der Waals surface area contributed by atoms with Gasteiger partial charge in [-0.25, -0.2) is 4.79 Å². The number of aromatic hydroxyl groups is 1. The van der Waals surface area contributed by atoms with E-state index in [9.17, 15) is 4.79 Å². The van der Waals surface area contributed by atoms with Crippen molar-refractivity contribution in [2.24, 2.45) is 0 Å². The topological polar surface area (TPSA) is 46.5 Å². The van der Waals surface area contributed by atoms with Gasteiger partial charge in [0.15, 0.2) is 0 Å². The highest BCUT2D eigenvalue weighted by Crippen LogP contribution is 2.13. The zero-order chi connectivity index (χ0) is 12.0. The van der Waals surface area contributed by atoms with Gasteiger partial charge in [0.1, 0.15) is 5.75 Å². The van der Waals surface area contributed by atoms with Crippen LogP contribution in [-0.4, -0.2) is 17.7 Å². The van der Waals surface area contributed by atoms with Crippen LogP contribution >= 0.6 is 0 Å². The van der Waals surface area contributed by atoms with Crippen LogP contribution in [-0.2, 0) is 9.53 Å². The lowest BCUT2D eigenvalue weighted by Gasteiger charge is -2.03. The van der Waals surface area contributed by atoms with E-state index in [0.717, 1.165) is 12.0 Å². The van der Waals surface area contributed by atoms with Gasteiger partial charge in [0, 0.05) is 5.57 Å². The minimum atomic E-state index is -0.296. The third kappa shape index (κ3) is 3.77. The van der Waals surface area contributed by atoms with Crippen molar-refractivity contribution in [1.29, 1.82) is 0 Å². The standard InChI is InChI=1S/C13H16O3/c1-3-8-16-13(15)10(2)9-11-4-6-12(14)7-5-11/h4-7,9,14H,3,8H2,1-2H3. The highest BCUT2D eigenvalue weighted by atomic mass is 16.5. The second kappa shape index (κ2) is 5.95. The number of rotatable bonds is 4. The van der Waals surface area contributed by atoms with Crippen molar-refractivity contribution in [3.63, 3.8) is 0 Å². The van der Waals surface area contributed by atoms with E-state index in [2.05, 4.69) is 0 Å². The molecule has 1 N–H and O–H groups in total. The number of ether oxygens (including phenoxy) is 1. The monoisotopic (exact) mass is 220 g/mol. The second-order valence-electron chi connectivity index (χ2n) is 3.55. The Morgan fingerprint density at radius 2 is 2.00 bits per heavy atom. The number of phenols is 1. The maximum atomic E-state index is 11.4.